The van der Waals surface area contributed by atoms with E-state index in [2.05, 4.69) is 32.8 Å². The Labute approximate surface area is 244 Å². The second-order valence-electron chi connectivity index (χ2n) is 12.0. The van der Waals surface area contributed by atoms with Gasteiger partial charge in [0, 0.05) is 6.54 Å². The fraction of sp³-hybridized carbons (Fsp3) is 1.00. The predicted molar refractivity (Wildman–Crippen MR) is 180 cm³/mol. The molecule has 0 amide bonds. The van der Waals surface area contributed by atoms with Gasteiger partial charge >= 0.3 is 0 Å². The molecule has 0 saturated carbocycles. The molecule has 0 aromatic carbocycles. The topological polar surface area (TPSA) is 12.0 Å². The van der Waals surface area contributed by atoms with E-state index in [-0.39, 0.29) is 12.4 Å². The molecule has 1 nitrogen and oxygen atoms in total. The van der Waals surface area contributed by atoms with Crippen LogP contribution in [-0.2, 0) is 0 Å². The molecule has 1 N–H and O–H groups in total. The number of unbranched alkanes of at least 4 members (excludes halogenated alkanes) is 22. The van der Waals surface area contributed by atoms with Crippen molar-refractivity contribution in [3.05, 3.63) is 0 Å². The van der Waals surface area contributed by atoms with Crippen molar-refractivity contribution in [1.82, 2.24) is 5.09 Å². The van der Waals surface area contributed by atoms with E-state index < -0.39 is 7.41 Å². The quantitative estimate of drug-likeness (QED) is 0.0654. The molecule has 0 fully saturated rings. The molecule has 0 spiro atoms. The molecule has 0 aliphatic rings. The number of nitrogens with one attached hydrogen (secondary N) is 1. The van der Waals surface area contributed by atoms with Crippen LogP contribution < -0.4 is 5.09 Å². The molecule has 0 saturated heterocycles. The largest absolute Gasteiger partial charge is 0.192 e. The SMILES string of the molecule is CCCCCCCCCCN[P+](CCCCCCCC)(CCCCCCCC)CCCCCCCC.Cl. The number of hydrogen-bond donors (Lipinski definition) is 1. The third-order valence-electron chi connectivity index (χ3n) is 8.30. The van der Waals surface area contributed by atoms with Crippen LogP contribution in [0.25, 0.3) is 0 Å². The van der Waals surface area contributed by atoms with Gasteiger partial charge in [-0.1, -0.05) is 150 Å². The first-order valence-electron chi connectivity index (χ1n) is 17.4. The maximum atomic E-state index is 4.36. The smallest absolute Gasteiger partial charge is 0.0799 e. The Morgan fingerprint density at radius 1 is 0.324 bits per heavy atom. The van der Waals surface area contributed by atoms with Gasteiger partial charge in [0.05, 0.1) is 25.9 Å². The summed E-state index contributed by atoms with van der Waals surface area (Å²) in [5.74, 6) is 0. The van der Waals surface area contributed by atoms with Crippen molar-refractivity contribution in [2.24, 2.45) is 0 Å². The lowest BCUT2D eigenvalue weighted by molar-refractivity contribution is 0.572. The van der Waals surface area contributed by atoms with E-state index in [1.807, 2.05) is 0 Å². The Balaban J connectivity index is 0. The summed E-state index contributed by atoms with van der Waals surface area (Å²) in [4.78, 5) is 0. The monoisotopic (exact) mass is 563 g/mol. The van der Waals surface area contributed by atoms with Gasteiger partial charge in [0.1, 0.15) is 0 Å². The van der Waals surface area contributed by atoms with Gasteiger partial charge in [-0.3, -0.25) is 0 Å². The average Bonchev–Trinajstić information content (AvgIpc) is 2.89. The average molecular weight is 563 g/mol. The zero-order chi connectivity index (χ0) is 26.4. The Bertz CT molecular complexity index is 362. The van der Waals surface area contributed by atoms with Gasteiger partial charge in [0.15, 0.2) is 0 Å². The van der Waals surface area contributed by atoms with Gasteiger partial charge in [-0.25, -0.2) is 0 Å². The van der Waals surface area contributed by atoms with Crippen LogP contribution in [0.1, 0.15) is 195 Å². The van der Waals surface area contributed by atoms with Crippen LogP contribution in [0.3, 0.4) is 0 Å². The Hall–Kier alpha value is 0.680. The highest BCUT2D eigenvalue weighted by Gasteiger charge is 2.35. The molecular weight excluding hydrogens is 489 g/mol. The molecule has 0 aromatic heterocycles. The van der Waals surface area contributed by atoms with E-state index in [9.17, 15) is 0 Å². The first-order chi connectivity index (χ1) is 17.7. The Kier molecular flexibility index (Phi) is 35.4. The highest BCUT2D eigenvalue weighted by Crippen LogP contribution is 2.57. The summed E-state index contributed by atoms with van der Waals surface area (Å²) >= 11 is 0. The maximum Gasteiger partial charge on any atom is 0.0799 e. The van der Waals surface area contributed by atoms with E-state index in [0.29, 0.717) is 0 Å². The molecule has 0 aliphatic heterocycles. The van der Waals surface area contributed by atoms with E-state index in [0.717, 1.165) is 0 Å². The van der Waals surface area contributed by atoms with E-state index in [4.69, 9.17) is 0 Å². The third-order valence-corrected chi connectivity index (χ3v) is 12.7. The van der Waals surface area contributed by atoms with Crippen LogP contribution in [0.5, 0.6) is 0 Å². The van der Waals surface area contributed by atoms with Crippen LogP contribution in [0, 0.1) is 0 Å². The number of hydrogen-bond acceptors (Lipinski definition) is 1. The second kappa shape index (κ2) is 32.9. The van der Waals surface area contributed by atoms with Gasteiger partial charge in [0.2, 0.25) is 0 Å². The minimum atomic E-state index is -0.983. The van der Waals surface area contributed by atoms with Crippen molar-refractivity contribution in [3.63, 3.8) is 0 Å². The lowest BCUT2D eigenvalue weighted by atomic mass is 10.1. The number of halogens is 1. The minimum absolute atomic E-state index is 0. The van der Waals surface area contributed by atoms with E-state index >= 15 is 0 Å². The standard InChI is InChI=1S/C34H73NP.ClH/c1-5-9-13-17-21-22-23-27-31-35-36(32-28-24-18-14-10-6-2,33-29-25-19-15-11-7-3)34-30-26-20-16-12-8-4;/h35H,5-34H2,1-4H3;1H/q+1;. The fourth-order valence-corrected chi connectivity index (χ4v) is 10.00. The first-order valence-corrected chi connectivity index (χ1v) is 19.7. The molecule has 0 aliphatic carbocycles. The molecule has 0 bridgehead atoms. The third kappa shape index (κ3) is 28.0. The summed E-state index contributed by atoms with van der Waals surface area (Å²) in [6, 6.07) is 0. The lowest BCUT2D eigenvalue weighted by Gasteiger charge is -2.29. The summed E-state index contributed by atoms with van der Waals surface area (Å²) < 4.78 is 0. The second-order valence-corrected chi connectivity index (χ2v) is 16.0. The number of rotatable bonds is 31. The van der Waals surface area contributed by atoms with Gasteiger partial charge in [-0.15, -0.1) is 12.4 Å². The Morgan fingerprint density at radius 2 is 0.568 bits per heavy atom. The molecular formula is C34H74ClNP+. The molecule has 37 heavy (non-hydrogen) atoms. The van der Waals surface area contributed by atoms with Crippen molar-refractivity contribution in [1.29, 1.82) is 0 Å². The molecule has 0 heterocycles. The zero-order valence-corrected chi connectivity index (χ0v) is 28.3. The van der Waals surface area contributed by atoms with Gasteiger partial charge < -0.3 is 0 Å². The summed E-state index contributed by atoms with van der Waals surface area (Å²) in [7, 11) is -0.983. The molecule has 226 valence electrons. The highest BCUT2D eigenvalue weighted by molar-refractivity contribution is 7.74. The predicted octanol–water partition coefficient (Wildman–Crippen LogP) is 13.2. The van der Waals surface area contributed by atoms with Gasteiger partial charge in [0.25, 0.3) is 0 Å². The van der Waals surface area contributed by atoms with Crippen LogP contribution >= 0.6 is 19.8 Å². The fourth-order valence-electron chi connectivity index (χ4n) is 5.73. The van der Waals surface area contributed by atoms with Crippen LogP contribution in [0.2, 0.25) is 0 Å². The molecule has 0 atom stereocenters. The molecule has 0 aromatic rings. The molecule has 3 heteroatoms. The first kappa shape index (κ1) is 39.8. The van der Waals surface area contributed by atoms with Gasteiger partial charge in [-0.05, 0) is 44.9 Å². The Morgan fingerprint density at radius 3 is 0.865 bits per heavy atom. The molecule has 0 rings (SSSR count). The highest BCUT2D eigenvalue weighted by atomic mass is 35.5. The maximum absolute atomic E-state index is 4.36. The van der Waals surface area contributed by atoms with Crippen molar-refractivity contribution in [2.45, 2.75) is 195 Å². The van der Waals surface area contributed by atoms with Crippen LogP contribution in [0.4, 0.5) is 0 Å². The van der Waals surface area contributed by atoms with Crippen LogP contribution in [0.15, 0.2) is 0 Å². The molecule has 0 radical (unpaired) electrons. The minimum Gasteiger partial charge on any atom is -0.192 e. The van der Waals surface area contributed by atoms with Crippen LogP contribution in [-0.4, -0.2) is 25.0 Å². The van der Waals surface area contributed by atoms with E-state index in [1.54, 1.807) is 18.5 Å². The lowest BCUT2D eigenvalue weighted by Crippen LogP contribution is -2.25. The zero-order valence-electron chi connectivity index (χ0n) is 26.6. The summed E-state index contributed by atoms with van der Waals surface area (Å²) in [5.41, 5.74) is 0. The molecule has 0 unspecified atom stereocenters. The van der Waals surface area contributed by atoms with Crippen molar-refractivity contribution < 1.29 is 0 Å². The normalized spacial score (nSPS) is 11.7. The van der Waals surface area contributed by atoms with Crippen molar-refractivity contribution in [3.8, 4) is 0 Å². The summed E-state index contributed by atoms with van der Waals surface area (Å²) in [5, 5.41) is 4.36. The summed E-state index contributed by atoms with van der Waals surface area (Å²) in [6.07, 6.45) is 42.3. The summed E-state index contributed by atoms with van der Waals surface area (Å²) in [6.45, 7) is 10.7. The van der Waals surface area contributed by atoms with Crippen molar-refractivity contribution >= 4 is 19.8 Å². The van der Waals surface area contributed by atoms with Gasteiger partial charge in [-0.2, -0.15) is 5.09 Å². The van der Waals surface area contributed by atoms with Crippen molar-refractivity contribution in [2.75, 3.05) is 25.0 Å². The van der Waals surface area contributed by atoms with E-state index in [1.165, 1.54) is 173 Å².